The number of thiazole rings is 1. The summed E-state index contributed by atoms with van der Waals surface area (Å²) < 4.78 is 0. The molecule has 4 nitrogen and oxygen atoms in total. The van der Waals surface area contributed by atoms with Gasteiger partial charge in [0.25, 0.3) is 0 Å². The second kappa shape index (κ2) is 8.58. The first-order valence-electron chi connectivity index (χ1n) is 10.7. The van der Waals surface area contributed by atoms with Gasteiger partial charge in [-0.15, -0.1) is 0 Å². The van der Waals surface area contributed by atoms with Crippen molar-refractivity contribution in [2.45, 2.75) is 24.9 Å². The summed E-state index contributed by atoms with van der Waals surface area (Å²) in [5.41, 5.74) is 5.64. The van der Waals surface area contributed by atoms with Gasteiger partial charge in [0.2, 0.25) is 0 Å². The minimum atomic E-state index is -0.381. The van der Waals surface area contributed by atoms with Crippen LogP contribution >= 0.6 is 11.3 Å². The number of nitriles is 1. The van der Waals surface area contributed by atoms with Crippen LogP contribution in [0.5, 0.6) is 0 Å². The molecule has 158 valence electrons. The molecule has 1 aliphatic heterocycles. The third-order valence-electron chi connectivity index (χ3n) is 6.19. The van der Waals surface area contributed by atoms with Crippen molar-refractivity contribution in [1.82, 2.24) is 4.98 Å². The number of nitrogens with zero attached hydrogens (tertiary/aromatic N) is 3. The predicted molar refractivity (Wildman–Crippen MR) is 130 cm³/mol. The van der Waals surface area contributed by atoms with Gasteiger partial charge in [0.1, 0.15) is 6.04 Å². The summed E-state index contributed by atoms with van der Waals surface area (Å²) in [6, 6.07) is 28.7. The van der Waals surface area contributed by atoms with Crippen molar-refractivity contribution in [2.75, 3.05) is 11.5 Å². The number of aromatic nitrogens is 1. The molecule has 1 aromatic heterocycles. The van der Waals surface area contributed by atoms with Crippen LogP contribution in [0.4, 0.5) is 5.13 Å². The van der Waals surface area contributed by atoms with E-state index in [4.69, 9.17) is 0 Å². The maximum absolute atomic E-state index is 10.3. The quantitative estimate of drug-likeness (QED) is 0.439. The third-order valence-corrected chi connectivity index (χ3v) is 7.25. The molecule has 0 unspecified atom stereocenters. The summed E-state index contributed by atoms with van der Waals surface area (Å²) in [7, 11) is 0. The average Bonchev–Trinajstić information content (AvgIpc) is 3.30. The number of aryl methyl sites for hydroxylation is 1. The van der Waals surface area contributed by atoms with Gasteiger partial charge in [-0.3, -0.25) is 0 Å². The van der Waals surface area contributed by atoms with Gasteiger partial charge in [0.15, 0.2) is 5.13 Å². The fraction of sp³-hybridized carbons (Fsp3) is 0.185. The van der Waals surface area contributed by atoms with Crippen molar-refractivity contribution in [3.63, 3.8) is 0 Å². The van der Waals surface area contributed by atoms with Gasteiger partial charge in [-0.2, -0.15) is 5.26 Å². The zero-order valence-electron chi connectivity index (χ0n) is 17.7. The Bertz CT molecular complexity index is 1260. The van der Waals surface area contributed by atoms with Crippen LogP contribution in [0.25, 0.3) is 21.6 Å². The molecule has 1 aliphatic rings. The minimum absolute atomic E-state index is 0.0364. The Morgan fingerprint density at radius 3 is 2.41 bits per heavy atom. The van der Waals surface area contributed by atoms with Crippen LogP contribution < -0.4 is 4.90 Å². The predicted octanol–water partition coefficient (Wildman–Crippen LogP) is 5.64. The molecule has 1 saturated heterocycles. The Balaban J connectivity index is 1.50. The molecule has 0 bridgehead atoms. The monoisotopic (exact) mass is 437 g/mol. The summed E-state index contributed by atoms with van der Waals surface area (Å²) in [5.74, 6) is -0.0911. The molecule has 5 rings (SSSR count). The molecule has 3 aromatic carbocycles. The highest BCUT2D eigenvalue weighted by Gasteiger charge is 2.51. The number of benzene rings is 3. The van der Waals surface area contributed by atoms with E-state index in [9.17, 15) is 10.4 Å². The standard InChI is InChI=1S/C27H23N3OS/c1-18-11-13-19(14-12-18)21-9-5-6-10-22(21)26-23(15-28)30(24(26)17-31)27-29-16-25(32-27)20-7-3-2-4-8-20/h2-14,16,23-24,26,31H,17H2,1H3/t23-,24-,26+/m0/s1. The Morgan fingerprint density at radius 1 is 0.969 bits per heavy atom. The average molecular weight is 438 g/mol. The van der Waals surface area contributed by atoms with Crippen molar-refractivity contribution in [1.29, 1.82) is 5.26 Å². The van der Waals surface area contributed by atoms with Crippen molar-refractivity contribution < 1.29 is 5.11 Å². The number of anilines is 1. The van der Waals surface area contributed by atoms with Crippen molar-refractivity contribution in [3.05, 3.63) is 96.2 Å². The van der Waals surface area contributed by atoms with Gasteiger partial charge in [-0.1, -0.05) is 95.8 Å². The van der Waals surface area contributed by atoms with Crippen LogP contribution in [0.1, 0.15) is 17.0 Å². The molecule has 1 N–H and O–H groups in total. The minimum Gasteiger partial charge on any atom is -0.394 e. The van der Waals surface area contributed by atoms with Crippen molar-refractivity contribution in [3.8, 4) is 27.6 Å². The number of aliphatic hydroxyl groups excluding tert-OH is 1. The molecule has 1 fully saturated rings. The molecule has 0 aliphatic carbocycles. The summed E-state index contributed by atoms with van der Waals surface area (Å²) in [4.78, 5) is 7.64. The van der Waals surface area contributed by atoms with Crippen molar-refractivity contribution in [2.24, 2.45) is 0 Å². The molecular weight excluding hydrogens is 414 g/mol. The Kier molecular flexibility index (Phi) is 5.48. The fourth-order valence-electron chi connectivity index (χ4n) is 4.55. The Morgan fingerprint density at radius 2 is 1.69 bits per heavy atom. The third kappa shape index (κ3) is 3.48. The maximum Gasteiger partial charge on any atom is 0.187 e. The van der Waals surface area contributed by atoms with Gasteiger partial charge in [0.05, 0.1) is 23.6 Å². The SMILES string of the molecule is Cc1ccc(-c2ccccc2[C@@H]2[C@H](C#N)N(c3ncc(-c4ccccc4)s3)[C@H]2CO)cc1. The second-order valence-electron chi connectivity index (χ2n) is 8.08. The number of rotatable bonds is 5. The first-order valence-corrected chi connectivity index (χ1v) is 11.5. The summed E-state index contributed by atoms with van der Waals surface area (Å²) in [5, 5.41) is 21.2. The smallest absolute Gasteiger partial charge is 0.187 e. The van der Waals surface area contributed by atoms with E-state index in [2.05, 4.69) is 66.5 Å². The molecule has 4 aromatic rings. The number of hydrogen-bond donors (Lipinski definition) is 1. The molecule has 32 heavy (non-hydrogen) atoms. The van der Waals surface area contributed by atoms with Gasteiger partial charge >= 0.3 is 0 Å². The molecule has 3 atom stereocenters. The van der Waals surface area contributed by atoms with E-state index in [0.717, 1.165) is 32.3 Å². The van der Waals surface area contributed by atoms with Crippen LogP contribution in [0.2, 0.25) is 0 Å². The fourth-order valence-corrected chi connectivity index (χ4v) is 5.56. The highest BCUT2D eigenvalue weighted by molar-refractivity contribution is 7.18. The molecule has 0 radical (unpaired) electrons. The normalized spacial score (nSPS) is 19.9. The summed E-state index contributed by atoms with van der Waals surface area (Å²) in [6.45, 7) is 2.04. The lowest BCUT2D eigenvalue weighted by atomic mass is 9.74. The van der Waals surface area contributed by atoms with Gasteiger partial charge in [0, 0.05) is 12.1 Å². The Labute approximate surface area is 192 Å². The molecule has 5 heteroatoms. The Hall–Kier alpha value is -3.46. The van der Waals surface area contributed by atoms with E-state index in [-0.39, 0.29) is 24.6 Å². The maximum atomic E-state index is 10.3. The molecule has 2 heterocycles. The topological polar surface area (TPSA) is 60.2 Å². The number of aliphatic hydroxyl groups is 1. The zero-order chi connectivity index (χ0) is 22.1. The van der Waals surface area contributed by atoms with Crippen LogP contribution in [-0.4, -0.2) is 28.8 Å². The molecule has 0 saturated carbocycles. The van der Waals surface area contributed by atoms with Gasteiger partial charge < -0.3 is 10.0 Å². The van der Waals surface area contributed by atoms with Gasteiger partial charge in [-0.25, -0.2) is 4.98 Å². The largest absolute Gasteiger partial charge is 0.394 e. The lowest BCUT2D eigenvalue weighted by Crippen LogP contribution is -2.63. The number of hydrogen-bond acceptors (Lipinski definition) is 5. The summed E-state index contributed by atoms with van der Waals surface area (Å²) >= 11 is 1.56. The molecule has 0 amide bonds. The van der Waals surface area contributed by atoms with Crippen LogP contribution in [0, 0.1) is 18.3 Å². The van der Waals surface area contributed by atoms with Crippen LogP contribution in [0.15, 0.2) is 85.1 Å². The molecule has 0 spiro atoms. The first kappa shape index (κ1) is 20.4. The highest BCUT2D eigenvalue weighted by atomic mass is 32.1. The van der Waals surface area contributed by atoms with Crippen LogP contribution in [-0.2, 0) is 0 Å². The first-order chi connectivity index (χ1) is 15.7. The van der Waals surface area contributed by atoms with E-state index < -0.39 is 0 Å². The zero-order valence-corrected chi connectivity index (χ0v) is 18.5. The summed E-state index contributed by atoms with van der Waals surface area (Å²) in [6.07, 6.45) is 1.85. The van der Waals surface area contributed by atoms with E-state index in [1.54, 1.807) is 11.3 Å². The van der Waals surface area contributed by atoms with E-state index in [1.807, 2.05) is 41.4 Å². The van der Waals surface area contributed by atoms with Crippen LogP contribution in [0.3, 0.4) is 0 Å². The lowest BCUT2D eigenvalue weighted by Gasteiger charge is -2.52. The molecular formula is C27H23N3OS. The van der Waals surface area contributed by atoms with Crippen molar-refractivity contribution >= 4 is 16.5 Å². The van der Waals surface area contributed by atoms with E-state index in [1.165, 1.54) is 5.56 Å². The van der Waals surface area contributed by atoms with E-state index >= 15 is 0 Å². The van der Waals surface area contributed by atoms with Gasteiger partial charge in [-0.05, 0) is 29.2 Å². The highest BCUT2D eigenvalue weighted by Crippen LogP contribution is 2.47. The second-order valence-corrected chi connectivity index (χ2v) is 9.09. The lowest BCUT2D eigenvalue weighted by molar-refractivity contribution is 0.188. The van der Waals surface area contributed by atoms with E-state index in [0.29, 0.717) is 0 Å².